The molecule has 4 heteroatoms. The molecule has 94 valence electrons. The minimum absolute atomic E-state index is 0.268. The molecule has 0 spiro atoms. The number of hydrogen-bond donors (Lipinski definition) is 3. The highest BCUT2D eigenvalue weighted by Crippen LogP contribution is 2.20. The van der Waals surface area contributed by atoms with Crippen LogP contribution in [0.2, 0.25) is 5.02 Å². The minimum Gasteiger partial charge on any atom is -0.506 e. The number of phenolic OH excluding ortho intramolecular Hbond substituents is 1. The summed E-state index contributed by atoms with van der Waals surface area (Å²) >= 11 is 5.80. The summed E-state index contributed by atoms with van der Waals surface area (Å²) in [5, 5.41) is 16.7. The van der Waals surface area contributed by atoms with Crippen LogP contribution in [-0.2, 0) is 0 Å². The Kier molecular flexibility index (Phi) is 4.31. The molecule has 0 aromatic heterocycles. The summed E-state index contributed by atoms with van der Waals surface area (Å²) in [5.74, 6) is 0.268. The largest absolute Gasteiger partial charge is 0.506 e. The average Bonchev–Trinajstić information content (AvgIpc) is 2.39. The number of nitrogens with one attached hydrogen (secondary N) is 2. The molecule has 0 saturated carbocycles. The Morgan fingerprint density at radius 1 is 0.889 bits per heavy atom. The van der Waals surface area contributed by atoms with Crippen molar-refractivity contribution in [1.29, 1.82) is 0 Å². The average molecular weight is 263 g/mol. The Labute approximate surface area is 111 Å². The van der Waals surface area contributed by atoms with E-state index in [0.717, 1.165) is 29.5 Å². The summed E-state index contributed by atoms with van der Waals surface area (Å²) in [4.78, 5) is 0. The number of para-hydroxylation sites is 2. The van der Waals surface area contributed by atoms with Crippen molar-refractivity contribution in [2.45, 2.75) is 0 Å². The molecule has 0 heterocycles. The Morgan fingerprint density at radius 2 is 1.56 bits per heavy atom. The topological polar surface area (TPSA) is 44.3 Å². The van der Waals surface area contributed by atoms with E-state index in [1.807, 2.05) is 36.4 Å². The molecule has 3 N–H and O–H groups in total. The molecule has 2 rings (SSSR count). The Morgan fingerprint density at radius 3 is 2.28 bits per heavy atom. The second-order valence-corrected chi connectivity index (χ2v) is 4.31. The third-order valence-electron chi connectivity index (χ3n) is 2.52. The lowest BCUT2D eigenvalue weighted by atomic mass is 10.3. The van der Waals surface area contributed by atoms with E-state index in [2.05, 4.69) is 10.6 Å². The molecule has 18 heavy (non-hydrogen) atoms. The molecule has 0 radical (unpaired) electrons. The summed E-state index contributed by atoms with van der Waals surface area (Å²) in [6.07, 6.45) is 0. The third kappa shape index (κ3) is 3.57. The molecule has 0 bridgehead atoms. The van der Waals surface area contributed by atoms with Gasteiger partial charge < -0.3 is 15.7 Å². The zero-order chi connectivity index (χ0) is 12.8. The monoisotopic (exact) mass is 262 g/mol. The van der Waals surface area contributed by atoms with E-state index >= 15 is 0 Å². The van der Waals surface area contributed by atoms with Gasteiger partial charge in [-0.25, -0.2) is 0 Å². The zero-order valence-electron chi connectivity index (χ0n) is 9.86. The molecular formula is C14H15ClN2O. The van der Waals surface area contributed by atoms with E-state index in [-0.39, 0.29) is 5.75 Å². The van der Waals surface area contributed by atoms with Crippen molar-refractivity contribution in [1.82, 2.24) is 0 Å². The van der Waals surface area contributed by atoms with Crippen LogP contribution in [0.4, 0.5) is 11.4 Å². The van der Waals surface area contributed by atoms with Crippen molar-refractivity contribution in [3.63, 3.8) is 0 Å². The first-order valence-corrected chi connectivity index (χ1v) is 6.15. The van der Waals surface area contributed by atoms with Gasteiger partial charge in [0.15, 0.2) is 0 Å². The van der Waals surface area contributed by atoms with Gasteiger partial charge >= 0.3 is 0 Å². The van der Waals surface area contributed by atoms with Crippen molar-refractivity contribution < 1.29 is 5.11 Å². The van der Waals surface area contributed by atoms with E-state index in [1.165, 1.54) is 0 Å². The van der Waals surface area contributed by atoms with Crippen LogP contribution in [0.15, 0.2) is 48.5 Å². The molecule has 0 aliphatic rings. The number of aromatic hydroxyl groups is 1. The van der Waals surface area contributed by atoms with Gasteiger partial charge in [0.25, 0.3) is 0 Å². The fraction of sp³-hybridized carbons (Fsp3) is 0.143. The molecule has 2 aromatic carbocycles. The number of benzene rings is 2. The standard InChI is InChI=1S/C14H15ClN2O/c15-11-5-7-12(8-6-11)16-9-10-17-13-3-1-2-4-14(13)18/h1-8,16-18H,9-10H2. The van der Waals surface area contributed by atoms with Crippen LogP contribution in [0.5, 0.6) is 5.75 Å². The fourth-order valence-corrected chi connectivity index (χ4v) is 1.72. The first kappa shape index (κ1) is 12.6. The maximum Gasteiger partial charge on any atom is 0.138 e. The van der Waals surface area contributed by atoms with Gasteiger partial charge in [-0.2, -0.15) is 0 Å². The lowest BCUT2D eigenvalue weighted by Gasteiger charge is -2.10. The smallest absolute Gasteiger partial charge is 0.138 e. The summed E-state index contributed by atoms with van der Waals surface area (Å²) in [6.45, 7) is 1.48. The van der Waals surface area contributed by atoms with Crippen LogP contribution in [0.1, 0.15) is 0 Å². The van der Waals surface area contributed by atoms with Crippen LogP contribution >= 0.6 is 11.6 Å². The van der Waals surface area contributed by atoms with Crippen molar-refractivity contribution in [3.8, 4) is 5.75 Å². The van der Waals surface area contributed by atoms with Crippen LogP contribution < -0.4 is 10.6 Å². The van der Waals surface area contributed by atoms with Gasteiger partial charge in [-0.15, -0.1) is 0 Å². The number of phenols is 1. The molecule has 0 saturated heterocycles. The maximum atomic E-state index is 9.56. The summed E-state index contributed by atoms with van der Waals surface area (Å²) < 4.78 is 0. The SMILES string of the molecule is Oc1ccccc1NCCNc1ccc(Cl)cc1. The molecule has 0 fully saturated rings. The van der Waals surface area contributed by atoms with Gasteiger partial charge in [-0.1, -0.05) is 23.7 Å². The van der Waals surface area contributed by atoms with Gasteiger partial charge in [0, 0.05) is 23.8 Å². The Balaban J connectivity index is 1.76. The van der Waals surface area contributed by atoms with Crippen LogP contribution in [-0.4, -0.2) is 18.2 Å². The number of anilines is 2. The molecule has 0 aliphatic heterocycles. The molecule has 0 atom stereocenters. The predicted molar refractivity (Wildman–Crippen MR) is 76.5 cm³/mol. The molecule has 2 aromatic rings. The Hall–Kier alpha value is -1.87. The third-order valence-corrected chi connectivity index (χ3v) is 2.77. The highest BCUT2D eigenvalue weighted by atomic mass is 35.5. The summed E-state index contributed by atoms with van der Waals surface area (Å²) in [5.41, 5.74) is 1.77. The maximum absolute atomic E-state index is 9.56. The molecule has 0 unspecified atom stereocenters. The fourth-order valence-electron chi connectivity index (χ4n) is 1.59. The molecular weight excluding hydrogens is 248 g/mol. The molecule has 0 aliphatic carbocycles. The van der Waals surface area contributed by atoms with Crippen molar-refractivity contribution in [3.05, 3.63) is 53.6 Å². The van der Waals surface area contributed by atoms with E-state index in [9.17, 15) is 5.11 Å². The van der Waals surface area contributed by atoms with Crippen LogP contribution in [0.3, 0.4) is 0 Å². The highest BCUT2D eigenvalue weighted by Gasteiger charge is 1.97. The number of halogens is 1. The van der Waals surface area contributed by atoms with Gasteiger partial charge in [-0.05, 0) is 36.4 Å². The number of hydrogen-bond acceptors (Lipinski definition) is 3. The van der Waals surface area contributed by atoms with Crippen molar-refractivity contribution in [2.24, 2.45) is 0 Å². The molecule has 0 amide bonds. The van der Waals surface area contributed by atoms with Crippen molar-refractivity contribution in [2.75, 3.05) is 23.7 Å². The quantitative estimate of drug-likeness (QED) is 0.570. The highest BCUT2D eigenvalue weighted by molar-refractivity contribution is 6.30. The van der Waals surface area contributed by atoms with Crippen LogP contribution in [0, 0.1) is 0 Å². The minimum atomic E-state index is 0.268. The lowest BCUT2D eigenvalue weighted by Crippen LogP contribution is -2.13. The molecule has 3 nitrogen and oxygen atoms in total. The van der Waals surface area contributed by atoms with E-state index in [0.29, 0.717) is 0 Å². The second kappa shape index (κ2) is 6.17. The van der Waals surface area contributed by atoms with Gasteiger partial charge in [0.1, 0.15) is 5.75 Å². The lowest BCUT2D eigenvalue weighted by molar-refractivity contribution is 0.477. The van der Waals surface area contributed by atoms with E-state index in [4.69, 9.17) is 11.6 Å². The normalized spacial score (nSPS) is 10.1. The Bertz CT molecular complexity index is 499. The zero-order valence-corrected chi connectivity index (χ0v) is 10.6. The van der Waals surface area contributed by atoms with Crippen LogP contribution in [0.25, 0.3) is 0 Å². The summed E-state index contributed by atoms with van der Waals surface area (Å²) in [6, 6.07) is 14.7. The van der Waals surface area contributed by atoms with Gasteiger partial charge in [0.05, 0.1) is 5.69 Å². The van der Waals surface area contributed by atoms with Crippen molar-refractivity contribution >= 4 is 23.0 Å². The van der Waals surface area contributed by atoms with Gasteiger partial charge in [-0.3, -0.25) is 0 Å². The number of rotatable bonds is 5. The van der Waals surface area contributed by atoms with E-state index in [1.54, 1.807) is 12.1 Å². The summed E-state index contributed by atoms with van der Waals surface area (Å²) in [7, 11) is 0. The predicted octanol–water partition coefficient (Wildman–Crippen LogP) is 3.57. The second-order valence-electron chi connectivity index (χ2n) is 3.88. The van der Waals surface area contributed by atoms with E-state index < -0.39 is 0 Å². The first-order valence-electron chi connectivity index (χ1n) is 5.77. The van der Waals surface area contributed by atoms with Gasteiger partial charge in [0.2, 0.25) is 0 Å². The first-order chi connectivity index (χ1) is 8.75.